The first-order valence-electron chi connectivity index (χ1n) is 12.4. The van der Waals surface area contributed by atoms with Gasteiger partial charge in [0.25, 0.3) is 0 Å². The summed E-state index contributed by atoms with van der Waals surface area (Å²) >= 11 is 0. The minimum Gasteiger partial charge on any atom is -0.481 e. The maximum atomic E-state index is 12.2. The summed E-state index contributed by atoms with van der Waals surface area (Å²) in [5, 5.41) is 12.6. The molecule has 5 aromatic rings. The van der Waals surface area contributed by atoms with Crippen molar-refractivity contribution in [2.24, 2.45) is 0 Å². The zero-order chi connectivity index (χ0) is 23.3. The number of carboxylic acids is 1. The molecular weight excluding hydrogens is 428 g/mol. The highest BCUT2D eigenvalue weighted by Crippen LogP contribution is 2.62. The summed E-state index contributed by atoms with van der Waals surface area (Å²) in [5.74, 6) is -0.913. The van der Waals surface area contributed by atoms with Crippen molar-refractivity contribution >= 4 is 16.7 Å². The summed E-state index contributed by atoms with van der Waals surface area (Å²) in [6.07, 6.45) is 2.21. The molecule has 0 spiro atoms. The SMILES string of the molecule is O=C(O)CC1c2ccccc2-c2c1c1c3c4c(ccc3c2-c2ccccc2)CCc2cccc-1c2-4. The molecule has 0 saturated carbocycles. The Morgan fingerprint density at radius 2 is 1.43 bits per heavy atom. The van der Waals surface area contributed by atoms with Gasteiger partial charge in [0.05, 0.1) is 6.42 Å². The van der Waals surface area contributed by atoms with Gasteiger partial charge in [-0.15, -0.1) is 0 Å². The number of hydrogen-bond donors (Lipinski definition) is 1. The maximum absolute atomic E-state index is 12.2. The van der Waals surface area contributed by atoms with Crippen molar-refractivity contribution < 1.29 is 9.90 Å². The van der Waals surface area contributed by atoms with E-state index in [4.69, 9.17) is 0 Å². The molecule has 166 valence electrons. The number of rotatable bonds is 3. The lowest BCUT2D eigenvalue weighted by molar-refractivity contribution is -0.137. The molecule has 2 nitrogen and oxygen atoms in total. The monoisotopic (exact) mass is 450 g/mol. The molecule has 0 aliphatic heterocycles. The molecule has 0 bridgehead atoms. The number of aliphatic carboxylic acids is 1. The van der Waals surface area contributed by atoms with Crippen molar-refractivity contribution in [2.45, 2.75) is 25.2 Å². The maximum Gasteiger partial charge on any atom is 0.304 e. The average Bonchev–Trinajstić information content (AvgIpc) is 3.40. The number of carboxylic acid groups (broad SMARTS) is 1. The van der Waals surface area contributed by atoms with Crippen LogP contribution in [0.1, 0.15) is 34.6 Å². The third-order valence-corrected chi connectivity index (χ3v) is 8.33. The zero-order valence-electron chi connectivity index (χ0n) is 19.1. The number of hydrogen-bond acceptors (Lipinski definition) is 1. The Bertz CT molecular complexity index is 1740. The molecule has 0 fully saturated rings. The molecule has 1 atom stereocenters. The normalized spacial score (nSPS) is 15.8. The molecule has 0 radical (unpaired) electrons. The van der Waals surface area contributed by atoms with Gasteiger partial charge in [0.1, 0.15) is 0 Å². The lowest BCUT2D eigenvalue weighted by Crippen LogP contribution is -2.06. The van der Waals surface area contributed by atoms with Crippen LogP contribution in [0.3, 0.4) is 0 Å². The quantitative estimate of drug-likeness (QED) is 0.298. The fourth-order valence-corrected chi connectivity index (χ4v) is 7.10. The standard InChI is InChI=1S/C33H22O2/c34-26(35)17-25-21-10-4-5-11-22(21)30-28(18-7-2-1-3-8-18)24-16-15-20-14-13-19-9-6-12-23-27(19)29(20)31(24)32(23)33(25)30/h1-12,15-16,25H,13-14,17H2,(H,34,35). The van der Waals surface area contributed by atoms with Crippen LogP contribution in [-0.4, -0.2) is 11.1 Å². The van der Waals surface area contributed by atoms with Crippen LogP contribution in [0.25, 0.3) is 55.3 Å². The first kappa shape index (κ1) is 19.2. The minimum absolute atomic E-state index is 0.0980. The van der Waals surface area contributed by atoms with E-state index >= 15 is 0 Å². The Morgan fingerprint density at radius 1 is 0.686 bits per heavy atom. The van der Waals surface area contributed by atoms with Crippen LogP contribution in [0.4, 0.5) is 0 Å². The molecule has 0 amide bonds. The van der Waals surface area contributed by atoms with Gasteiger partial charge in [-0.3, -0.25) is 4.79 Å². The highest BCUT2D eigenvalue weighted by Gasteiger charge is 2.40. The van der Waals surface area contributed by atoms with E-state index in [2.05, 4.69) is 78.9 Å². The number of fused-ring (bicyclic) bond motifs is 5. The molecule has 5 aromatic carbocycles. The van der Waals surface area contributed by atoms with Crippen LogP contribution >= 0.6 is 0 Å². The average molecular weight is 451 g/mol. The van der Waals surface area contributed by atoms with Gasteiger partial charge >= 0.3 is 5.97 Å². The zero-order valence-corrected chi connectivity index (χ0v) is 19.1. The van der Waals surface area contributed by atoms with E-state index < -0.39 is 5.97 Å². The largest absolute Gasteiger partial charge is 0.481 e. The Hall–Kier alpha value is -4.17. The van der Waals surface area contributed by atoms with E-state index in [9.17, 15) is 9.90 Å². The molecule has 35 heavy (non-hydrogen) atoms. The smallest absolute Gasteiger partial charge is 0.304 e. The van der Waals surface area contributed by atoms with Gasteiger partial charge in [-0.2, -0.15) is 0 Å². The molecule has 0 saturated heterocycles. The minimum atomic E-state index is -0.753. The van der Waals surface area contributed by atoms with E-state index in [0.29, 0.717) is 0 Å². The highest BCUT2D eigenvalue weighted by molar-refractivity contribution is 6.25. The Kier molecular flexibility index (Phi) is 3.67. The molecule has 1 unspecified atom stereocenters. The van der Waals surface area contributed by atoms with Crippen LogP contribution in [0, 0.1) is 0 Å². The lowest BCUT2D eigenvalue weighted by atomic mass is 9.81. The summed E-state index contributed by atoms with van der Waals surface area (Å²) in [7, 11) is 0. The van der Waals surface area contributed by atoms with Crippen molar-refractivity contribution in [3.8, 4) is 44.5 Å². The third kappa shape index (κ3) is 2.37. The molecule has 3 aliphatic rings. The molecule has 0 aromatic heterocycles. The van der Waals surface area contributed by atoms with Crippen molar-refractivity contribution in [2.75, 3.05) is 0 Å². The molecule has 8 rings (SSSR count). The van der Waals surface area contributed by atoms with E-state index in [1.54, 1.807) is 0 Å². The van der Waals surface area contributed by atoms with E-state index in [-0.39, 0.29) is 12.3 Å². The van der Waals surface area contributed by atoms with Crippen molar-refractivity contribution in [3.63, 3.8) is 0 Å². The second kappa shape index (κ2) is 6.70. The highest BCUT2D eigenvalue weighted by atomic mass is 16.4. The molecule has 3 aliphatic carbocycles. The predicted octanol–water partition coefficient (Wildman–Crippen LogP) is 7.84. The summed E-state index contributed by atoms with van der Waals surface area (Å²) < 4.78 is 0. The van der Waals surface area contributed by atoms with Crippen LogP contribution in [0.5, 0.6) is 0 Å². The molecule has 0 heterocycles. The second-order valence-corrected chi connectivity index (χ2v) is 10.0. The Morgan fingerprint density at radius 3 is 2.26 bits per heavy atom. The summed E-state index contributed by atoms with van der Waals surface area (Å²) in [4.78, 5) is 12.2. The summed E-state index contributed by atoms with van der Waals surface area (Å²) in [5.41, 5.74) is 15.3. The Balaban J connectivity index is 1.64. The van der Waals surface area contributed by atoms with Gasteiger partial charge < -0.3 is 5.11 Å². The van der Waals surface area contributed by atoms with Gasteiger partial charge in [-0.05, 0) is 90.4 Å². The second-order valence-electron chi connectivity index (χ2n) is 10.0. The summed E-state index contributed by atoms with van der Waals surface area (Å²) in [6, 6.07) is 30.5. The van der Waals surface area contributed by atoms with E-state index in [1.807, 2.05) is 6.07 Å². The third-order valence-electron chi connectivity index (χ3n) is 8.33. The Labute approximate surface area is 203 Å². The lowest BCUT2D eigenvalue weighted by Gasteiger charge is -2.21. The first-order chi connectivity index (χ1) is 17.2. The predicted molar refractivity (Wildman–Crippen MR) is 141 cm³/mol. The van der Waals surface area contributed by atoms with Crippen LogP contribution in [0.2, 0.25) is 0 Å². The van der Waals surface area contributed by atoms with Crippen LogP contribution < -0.4 is 0 Å². The number of benzene rings is 5. The first-order valence-corrected chi connectivity index (χ1v) is 12.4. The number of aryl methyl sites for hydroxylation is 2. The molecule has 1 N–H and O–H groups in total. The fraction of sp³-hybridized carbons (Fsp3) is 0.121. The van der Waals surface area contributed by atoms with Gasteiger partial charge in [0.2, 0.25) is 0 Å². The van der Waals surface area contributed by atoms with Gasteiger partial charge in [-0.25, -0.2) is 0 Å². The van der Waals surface area contributed by atoms with Crippen LogP contribution in [0.15, 0.2) is 84.9 Å². The van der Waals surface area contributed by atoms with Crippen LogP contribution in [-0.2, 0) is 17.6 Å². The number of carbonyl (C=O) groups is 1. The van der Waals surface area contributed by atoms with Gasteiger partial charge in [-0.1, -0.05) is 84.9 Å². The fourth-order valence-electron chi connectivity index (χ4n) is 7.10. The van der Waals surface area contributed by atoms with Crippen molar-refractivity contribution in [3.05, 3.63) is 107 Å². The van der Waals surface area contributed by atoms with Gasteiger partial charge in [0.15, 0.2) is 0 Å². The van der Waals surface area contributed by atoms with E-state index in [1.165, 1.54) is 72.0 Å². The molecular formula is C33H22O2. The van der Waals surface area contributed by atoms with E-state index in [0.717, 1.165) is 18.4 Å². The van der Waals surface area contributed by atoms with Crippen molar-refractivity contribution in [1.82, 2.24) is 0 Å². The summed E-state index contributed by atoms with van der Waals surface area (Å²) in [6.45, 7) is 0. The molecule has 2 heteroatoms. The topological polar surface area (TPSA) is 37.3 Å². The van der Waals surface area contributed by atoms with Gasteiger partial charge in [0, 0.05) is 5.92 Å². The van der Waals surface area contributed by atoms with Crippen molar-refractivity contribution in [1.29, 1.82) is 0 Å².